The second kappa shape index (κ2) is 5.26. The van der Waals surface area contributed by atoms with Gasteiger partial charge in [0.15, 0.2) is 0 Å². The maximum Gasteiger partial charge on any atom is 0.0835 e. The number of ether oxygens (including phenoxy) is 2. The zero-order valence-electron chi connectivity index (χ0n) is 8.63. The molecule has 2 atom stereocenters. The molecule has 1 N–H and O–H groups in total. The van der Waals surface area contributed by atoms with Crippen LogP contribution in [0.1, 0.15) is 12.0 Å². The average Bonchev–Trinajstić information content (AvgIpc) is 2.66. The van der Waals surface area contributed by atoms with Crippen LogP contribution in [0.2, 0.25) is 0 Å². The van der Waals surface area contributed by atoms with Gasteiger partial charge in [0.1, 0.15) is 0 Å². The van der Waals surface area contributed by atoms with Crippen molar-refractivity contribution in [1.29, 1.82) is 0 Å². The average molecular weight is 208 g/mol. The van der Waals surface area contributed by atoms with Gasteiger partial charge in [0, 0.05) is 6.42 Å². The van der Waals surface area contributed by atoms with E-state index in [2.05, 4.69) is 0 Å². The van der Waals surface area contributed by atoms with E-state index in [0.29, 0.717) is 26.2 Å². The number of aliphatic hydroxyl groups excluding tert-OH is 1. The van der Waals surface area contributed by atoms with E-state index in [1.54, 1.807) is 0 Å². The molecule has 1 unspecified atom stereocenters. The summed E-state index contributed by atoms with van der Waals surface area (Å²) >= 11 is 0. The molecule has 1 aromatic carbocycles. The molecule has 0 spiro atoms. The number of hydrogen-bond acceptors (Lipinski definition) is 3. The van der Waals surface area contributed by atoms with Crippen molar-refractivity contribution < 1.29 is 14.6 Å². The third-order valence-electron chi connectivity index (χ3n) is 2.47. The molecule has 82 valence electrons. The van der Waals surface area contributed by atoms with Gasteiger partial charge in [-0.25, -0.2) is 0 Å². The van der Waals surface area contributed by atoms with Crippen LogP contribution in [-0.2, 0) is 16.1 Å². The monoisotopic (exact) mass is 208 g/mol. The van der Waals surface area contributed by atoms with Crippen molar-refractivity contribution in [2.45, 2.75) is 25.2 Å². The smallest absolute Gasteiger partial charge is 0.0835 e. The fourth-order valence-electron chi connectivity index (χ4n) is 1.69. The Balaban J connectivity index is 1.67. The lowest BCUT2D eigenvalue weighted by molar-refractivity contribution is 0.00852. The number of benzene rings is 1. The van der Waals surface area contributed by atoms with E-state index in [1.807, 2.05) is 30.3 Å². The van der Waals surface area contributed by atoms with Crippen molar-refractivity contribution in [3.8, 4) is 0 Å². The van der Waals surface area contributed by atoms with Gasteiger partial charge >= 0.3 is 0 Å². The molecule has 3 nitrogen and oxygen atoms in total. The van der Waals surface area contributed by atoms with E-state index in [4.69, 9.17) is 9.47 Å². The Bertz CT molecular complexity index is 286. The van der Waals surface area contributed by atoms with Gasteiger partial charge in [-0.2, -0.15) is 0 Å². The molecular formula is C12H16O3. The third-order valence-corrected chi connectivity index (χ3v) is 2.47. The first kappa shape index (κ1) is 10.6. The Hall–Kier alpha value is -0.900. The molecule has 1 saturated heterocycles. The summed E-state index contributed by atoms with van der Waals surface area (Å²) in [4.78, 5) is 0. The predicted octanol–water partition coefficient (Wildman–Crippen LogP) is 1.35. The van der Waals surface area contributed by atoms with Crippen LogP contribution in [0, 0.1) is 0 Å². The number of aliphatic hydroxyl groups is 1. The van der Waals surface area contributed by atoms with Crippen molar-refractivity contribution in [3.63, 3.8) is 0 Å². The van der Waals surface area contributed by atoms with E-state index in [1.165, 1.54) is 0 Å². The summed E-state index contributed by atoms with van der Waals surface area (Å²) in [6.45, 7) is 1.61. The summed E-state index contributed by atoms with van der Waals surface area (Å²) in [5, 5.41) is 9.24. The van der Waals surface area contributed by atoms with Crippen LogP contribution in [0.15, 0.2) is 30.3 Å². The van der Waals surface area contributed by atoms with E-state index < -0.39 is 0 Å². The lowest BCUT2D eigenvalue weighted by Gasteiger charge is -2.09. The first-order valence-corrected chi connectivity index (χ1v) is 5.26. The molecule has 1 aliphatic rings. The standard InChI is InChI=1S/C12H16O3/c13-11-6-12(15-8-11)9-14-7-10-4-2-1-3-5-10/h1-5,11-13H,6-9H2/t11?,12-/m0/s1. The van der Waals surface area contributed by atoms with E-state index in [-0.39, 0.29) is 12.2 Å². The molecule has 1 aromatic rings. The largest absolute Gasteiger partial charge is 0.391 e. The van der Waals surface area contributed by atoms with Gasteiger partial charge in [0.2, 0.25) is 0 Å². The van der Waals surface area contributed by atoms with E-state index >= 15 is 0 Å². The maximum atomic E-state index is 9.24. The Labute approximate surface area is 89.6 Å². The SMILES string of the molecule is OC1CO[C@H](COCc2ccccc2)C1. The first-order chi connectivity index (χ1) is 7.34. The second-order valence-electron chi connectivity index (χ2n) is 3.85. The van der Waals surface area contributed by atoms with Crippen molar-refractivity contribution >= 4 is 0 Å². The summed E-state index contributed by atoms with van der Waals surface area (Å²) in [7, 11) is 0. The Morgan fingerprint density at radius 1 is 1.33 bits per heavy atom. The summed E-state index contributed by atoms with van der Waals surface area (Å²) in [6, 6.07) is 10.0. The van der Waals surface area contributed by atoms with Crippen LogP contribution in [0.3, 0.4) is 0 Å². The Morgan fingerprint density at radius 3 is 2.80 bits per heavy atom. The van der Waals surface area contributed by atoms with Crippen molar-refractivity contribution in [3.05, 3.63) is 35.9 Å². The molecular weight excluding hydrogens is 192 g/mol. The molecule has 15 heavy (non-hydrogen) atoms. The second-order valence-corrected chi connectivity index (χ2v) is 3.85. The van der Waals surface area contributed by atoms with Gasteiger partial charge in [-0.05, 0) is 5.56 Å². The molecule has 0 bridgehead atoms. The summed E-state index contributed by atoms with van der Waals surface area (Å²) in [5.41, 5.74) is 1.16. The van der Waals surface area contributed by atoms with Gasteiger partial charge in [0.25, 0.3) is 0 Å². The van der Waals surface area contributed by atoms with Gasteiger partial charge in [0.05, 0.1) is 32.0 Å². The topological polar surface area (TPSA) is 38.7 Å². The van der Waals surface area contributed by atoms with Crippen molar-refractivity contribution in [2.75, 3.05) is 13.2 Å². The molecule has 0 saturated carbocycles. The normalized spacial score (nSPS) is 25.7. The molecule has 1 fully saturated rings. The minimum absolute atomic E-state index is 0.0590. The highest BCUT2D eigenvalue weighted by Crippen LogP contribution is 2.13. The molecule has 3 heteroatoms. The van der Waals surface area contributed by atoms with Gasteiger partial charge in [-0.3, -0.25) is 0 Å². The van der Waals surface area contributed by atoms with Crippen LogP contribution in [0.4, 0.5) is 0 Å². The zero-order valence-corrected chi connectivity index (χ0v) is 8.63. The van der Waals surface area contributed by atoms with Gasteiger partial charge in [-0.15, -0.1) is 0 Å². The third kappa shape index (κ3) is 3.30. The van der Waals surface area contributed by atoms with E-state index in [0.717, 1.165) is 5.56 Å². The van der Waals surface area contributed by atoms with Gasteiger partial charge in [-0.1, -0.05) is 30.3 Å². The highest BCUT2D eigenvalue weighted by atomic mass is 16.5. The first-order valence-electron chi connectivity index (χ1n) is 5.26. The molecule has 1 aliphatic heterocycles. The number of rotatable bonds is 4. The zero-order chi connectivity index (χ0) is 10.5. The molecule has 2 rings (SSSR count). The van der Waals surface area contributed by atoms with Crippen molar-refractivity contribution in [1.82, 2.24) is 0 Å². The number of hydrogen-bond donors (Lipinski definition) is 1. The highest BCUT2D eigenvalue weighted by molar-refractivity contribution is 5.13. The lowest BCUT2D eigenvalue weighted by Crippen LogP contribution is -2.14. The van der Waals surface area contributed by atoms with Crippen LogP contribution >= 0.6 is 0 Å². The quantitative estimate of drug-likeness (QED) is 0.811. The van der Waals surface area contributed by atoms with Crippen LogP contribution < -0.4 is 0 Å². The fraction of sp³-hybridized carbons (Fsp3) is 0.500. The predicted molar refractivity (Wildman–Crippen MR) is 56.5 cm³/mol. The van der Waals surface area contributed by atoms with Crippen LogP contribution in [-0.4, -0.2) is 30.5 Å². The van der Waals surface area contributed by atoms with E-state index in [9.17, 15) is 5.11 Å². The lowest BCUT2D eigenvalue weighted by atomic mass is 10.2. The minimum Gasteiger partial charge on any atom is -0.391 e. The fourth-order valence-corrected chi connectivity index (χ4v) is 1.69. The summed E-state index contributed by atoms with van der Waals surface area (Å²) < 4.78 is 10.8. The highest BCUT2D eigenvalue weighted by Gasteiger charge is 2.23. The van der Waals surface area contributed by atoms with Crippen LogP contribution in [0.25, 0.3) is 0 Å². The molecule has 0 amide bonds. The Kier molecular flexibility index (Phi) is 3.72. The molecule has 0 aromatic heterocycles. The summed E-state index contributed by atoms with van der Waals surface area (Å²) in [5.74, 6) is 0. The van der Waals surface area contributed by atoms with Gasteiger partial charge < -0.3 is 14.6 Å². The molecule has 1 heterocycles. The van der Waals surface area contributed by atoms with Crippen molar-refractivity contribution in [2.24, 2.45) is 0 Å². The summed E-state index contributed by atoms with van der Waals surface area (Å²) in [6.07, 6.45) is 0.438. The Morgan fingerprint density at radius 2 is 2.13 bits per heavy atom. The van der Waals surface area contributed by atoms with Crippen LogP contribution in [0.5, 0.6) is 0 Å². The molecule has 0 aliphatic carbocycles. The maximum absolute atomic E-state index is 9.24. The minimum atomic E-state index is -0.310. The molecule has 0 radical (unpaired) electrons.